The second kappa shape index (κ2) is 12.4. The third-order valence-corrected chi connectivity index (χ3v) is 6.69. The van der Waals surface area contributed by atoms with Gasteiger partial charge in [-0.25, -0.2) is 4.79 Å². The van der Waals surface area contributed by atoms with Crippen molar-refractivity contribution < 1.29 is 33.7 Å². The second-order valence-corrected chi connectivity index (χ2v) is 9.19. The van der Waals surface area contributed by atoms with Crippen LogP contribution in [0.5, 0.6) is 0 Å². The lowest BCUT2D eigenvalue weighted by Crippen LogP contribution is -2.50. The van der Waals surface area contributed by atoms with E-state index in [1.807, 2.05) is 91.0 Å². The minimum Gasteiger partial charge on any atom is -0.469 e. The van der Waals surface area contributed by atoms with Crippen LogP contribution >= 0.6 is 0 Å². The molecule has 1 amide bonds. The summed E-state index contributed by atoms with van der Waals surface area (Å²) in [5.74, 6) is -2.62. The van der Waals surface area contributed by atoms with Crippen molar-refractivity contribution >= 4 is 18.0 Å². The van der Waals surface area contributed by atoms with E-state index in [9.17, 15) is 19.5 Å². The zero-order chi connectivity index (χ0) is 27.1. The maximum absolute atomic E-state index is 13.5. The Labute approximate surface area is 221 Å². The van der Waals surface area contributed by atoms with Crippen LogP contribution in [-0.2, 0) is 30.4 Å². The third-order valence-electron chi connectivity index (χ3n) is 6.69. The van der Waals surface area contributed by atoms with Gasteiger partial charge in [0.25, 0.3) is 0 Å². The Morgan fingerprint density at radius 1 is 0.921 bits per heavy atom. The molecule has 3 aromatic carbocycles. The summed E-state index contributed by atoms with van der Waals surface area (Å²) in [6.45, 7) is 1.42. The molecule has 38 heavy (non-hydrogen) atoms. The summed E-state index contributed by atoms with van der Waals surface area (Å²) < 4.78 is 16.3. The standard InChI is InChI=1S/C30H31NO7/c1-20(32)26(29(34)37-19-21-12-6-3-7-13-21)24(18-25(33)36-2)31-27(22-14-8-4-9-15-22)28(38-30(31)35)23-16-10-5-11-17-23/h3-17,20,24,26-28,32H,18-19H2,1-2H3/t20?,24?,26?,27-,28+/m0/s1. The van der Waals surface area contributed by atoms with E-state index in [1.54, 1.807) is 0 Å². The first-order chi connectivity index (χ1) is 18.4. The second-order valence-electron chi connectivity index (χ2n) is 9.19. The Hall–Kier alpha value is -4.17. The molecule has 8 nitrogen and oxygen atoms in total. The van der Waals surface area contributed by atoms with Crippen molar-refractivity contribution in [3.8, 4) is 0 Å². The number of rotatable bonds is 10. The minimum absolute atomic E-state index is 0.0208. The number of benzene rings is 3. The lowest BCUT2D eigenvalue weighted by atomic mass is 9.87. The molecular weight excluding hydrogens is 486 g/mol. The number of amides is 1. The summed E-state index contributed by atoms with van der Waals surface area (Å²) in [6, 6.07) is 25.9. The number of cyclic esters (lactones) is 1. The molecule has 1 heterocycles. The first-order valence-electron chi connectivity index (χ1n) is 12.4. The molecule has 1 N–H and O–H groups in total. The summed E-state index contributed by atoms with van der Waals surface area (Å²) in [6.07, 6.45) is -3.00. The van der Waals surface area contributed by atoms with Crippen LogP contribution in [0.3, 0.4) is 0 Å². The van der Waals surface area contributed by atoms with Crippen LogP contribution in [0.4, 0.5) is 4.79 Å². The van der Waals surface area contributed by atoms with Crippen molar-refractivity contribution in [1.82, 2.24) is 4.90 Å². The maximum Gasteiger partial charge on any atom is 0.411 e. The smallest absolute Gasteiger partial charge is 0.411 e. The number of aliphatic hydroxyl groups excluding tert-OH is 1. The topological polar surface area (TPSA) is 102 Å². The maximum atomic E-state index is 13.5. The third kappa shape index (κ3) is 6.03. The van der Waals surface area contributed by atoms with E-state index in [-0.39, 0.29) is 13.0 Å². The molecule has 0 aromatic heterocycles. The molecule has 3 aromatic rings. The van der Waals surface area contributed by atoms with Gasteiger partial charge in [-0.2, -0.15) is 0 Å². The van der Waals surface area contributed by atoms with Crippen LogP contribution in [0.1, 0.15) is 42.2 Å². The molecule has 1 aliphatic heterocycles. The Balaban J connectivity index is 1.74. The van der Waals surface area contributed by atoms with Gasteiger partial charge in [0.2, 0.25) is 0 Å². The van der Waals surface area contributed by atoms with Crippen LogP contribution in [0.25, 0.3) is 0 Å². The number of nitrogens with zero attached hydrogens (tertiary/aromatic N) is 1. The van der Waals surface area contributed by atoms with Crippen molar-refractivity contribution in [3.63, 3.8) is 0 Å². The van der Waals surface area contributed by atoms with E-state index >= 15 is 0 Å². The number of methoxy groups -OCH3 is 1. The van der Waals surface area contributed by atoms with E-state index in [2.05, 4.69) is 0 Å². The fraction of sp³-hybridized carbons (Fsp3) is 0.300. The predicted octanol–water partition coefficient (Wildman–Crippen LogP) is 4.59. The van der Waals surface area contributed by atoms with Gasteiger partial charge in [-0.1, -0.05) is 91.0 Å². The molecule has 3 unspecified atom stereocenters. The summed E-state index contributed by atoms with van der Waals surface area (Å²) in [5, 5.41) is 10.8. The number of ether oxygens (including phenoxy) is 3. The molecule has 5 atom stereocenters. The van der Waals surface area contributed by atoms with Gasteiger partial charge < -0.3 is 19.3 Å². The van der Waals surface area contributed by atoms with E-state index in [0.717, 1.165) is 16.7 Å². The van der Waals surface area contributed by atoms with E-state index < -0.39 is 48.2 Å². The molecule has 1 fully saturated rings. The molecule has 198 valence electrons. The fourth-order valence-electron chi connectivity index (χ4n) is 4.87. The Morgan fingerprint density at radius 2 is 1.47 bits per heavy atom. The van der Waals surface area contributed by atoms with E-state index in [1.165, 1.54) is 18.9 Å². The molecule has 0 bridgehead atoms. The predicted molar refractivity (Wildman–Crippen MR) is 139 cm³/mol. The summed E-state index contributed by atoms with van der Waals surface area (Å²) >= 11 is 0. The quantitative estimate of drug-likeness (QED) is 0.310. The zero-order valence-electron chi connectivity index (χ0n) is 21.3. The van der Waals surface area contributed by atoms with Crippen LogP contribution in [0.15, 0.2) is 91.0 Å². The molecule has 8 heteroatoms. The number of carbonyl (C=O) groups is 3. The Morgan fingerprint density at radius 3 is 2.03 bits per heavy atom. The van der Waals surface area contributed by atoms with Gasteiger partial charge in [-0.15, -0.1) is 0 Å². The normalized spacial score (nSPS) is 19.2. The van der Waals surface area contributed by atoms with Crippen molar-refractivity contribution in [2.45, 2.75) is 44.2 Å². The van der Waals surface area contributed by atoms with Crippen molar-refractivity contribution in [1.29, 1.82) is 0 Å². The van der Waals surface area contributed by atoms with E-state index in [4.69, 9.17) is 14.2 Å². The van der Waals surface area contributed by atoms with Crippen LogP contribution in [0.2, 0.25) is 0 Å². The Bertz CT molecular complexity index is 1220. The highest BCUT2D eigenvalue weighted by molar-refractivity contribution is 5.80. The van der Waals surface area contributed by atoms with Gasteiger partial charge in [-0.05, 0) is 23.6 Å². The van der Waals surface area contributed by atoms with Crippen molar-refractivity contribution in [2.24, 2.45) is 5.92 Å². The van der Waals surface area contributed by atoms with E-state index in [0.29, 0.717) is 0 Å². The number of carbonyl (C=O) groups excluding carboxylic acids is 3. The molecule has 4 rings (SSSR count). The minimum atomic E-state index is -1.24. The summed E-state index contributed by atoms with van der Waals surface area (Å²) in [4.78, 5) is 40.9. The highest BCUT2D eigenvalue weighted by atomic mass is 16.6. The number of aliphatic hydroxyl groups is 1. The first-order valence-corrected chi connectivity index (χ1v) is 12.4. The largest absolute Gasteiger partial charge is 0.469 e. The van der Waals surface area contributed by atoms with Gasteiger partial charge in [0.1, 0.15) is 18.6 Å². The molecule has 0 aliphatic carbocycles. The van der Waals surface area contributed by atoms with Gasteiger partial charge >= 0.3 is 18.0 Å². The number of esters is 2. The monoisotopic (exact) mass is 517 g/mol. The average molecular weight is 518 g/mol. The molecule has 1 saturated heterocycles. The summed E-state index contributed by atoms with van der Waals surface area (Å²) in [7, 11) is 1.23. The highest BCUT2D eigenvalue weighted by Crippen LogP contribution is 2.46. The fourth-order valence-corrected chi connectivity index (χ4v) is 4.87. The van der Waals surface area contributed by atoms with Gasteiger partial charge in [-0.3, -0.25) is 14.5 Å². The van der Waals surface area contributed by atoms with Gasteiger partial charge in [0.15, 0.2) is 6.10 Å². The molecule has 1 aliphatic rings. The molecule has 0 spiro atoms. The lowest BCUT2D eigenvalue weighted by Gasteiger charge is -2.36. The van der Waals surface area contributed by atoms with Gasteiger partial charge in [0, 0.05) is 0 Å². The lowest BCUT2D eigenvalue weighted by molar-refractivity contribution is -0.158. The number of hydrogen-bond donors (Lipinski definition) is 1. The highest BCUT2D eigenvalue weighted by Gasteiger charge is 2.51. The molecular formula is C30H31NO7. The molecule has 0 saturated carbocycles. The van der Waals surface area contributed by atoms with Crippen LogP contribution < -0.4 is 0 Å². The van der Waals surface area contributed by atoms with Gasteiger partial charge in [0.05, 0.1) is 25.7 Å². The average Bonchev–Trinajstić information content (AvgIpc) is 3.29. The van der Waals surface area contributed by atoms with Crippen LogP contribution in [-0.4, -0.2) is 47.3 Å². The van der Waals surface area contributed by atoms with Crippen molar-refractivity contribution in [3.05, 3.63) is 108 Å². The zero-order valence-corrected chi connectivity index (χ0v) is 21.3. The van der Waals surface area contributed by atoms with Crippen LogP contribution in [0, 0.1) is 5.92 Å². The van der Waals surface area contributed by atoms with Crippen molar-refractivity contribution in [2.75, 3.05) is 7.11 Å². The SMILES string of the molecule is COC(=O)CC(C(C(=O)OCc1ccccc1)C(C)O)N1C(=O)O[C@H](c2ccccc2)[C@@H]1c1ccccc1. The molecule has 0 radical (unpaired) electrons. The first kappa shape index (κ1) is 26.9. The summed E-state index contributed by atoms with van der Waals surface area (Å²) in [5.41, 5.74) is 2.28. The number of hydrogen-bond acceptors (Lipinski definition) is 7. The Kier molecular flexibility index (Phi) is 8.76.